The Kier molecular flexibility index (Phi) is 10.2. The second-order valence-corrected chi connectivity index (χ2v) is 7.37. The maximum Gasteiger partial charge on any atom is 0.128 e. The number of aliphatic imine (C=N–C) groups is 1. The first kappa shape index (κ1) is 22.0. The van der Waals surface area contributed by atoms with Gasteiger partial charge in [0, 0.05) is 17.8 Å². The van der Waals surface area contributed by atoms with Crippen molar-refractivity contribution in [2.24, 2.45) is 4.99 Å². The van der Waals surface area contributed by atoms with Gasteiger partial charge in [-0.1, -0.05) is 64.5 Å². The number of phenols is 1. The predicted molar refractivity (Wildman–Crippen MR) is 119 cm³/mol. The van der Waals surface area contributed by atoms with Crippen molar-refractivity contribution in [3.8, 4) is 11.5 Å². The molecule has 3 heteroatoms. The minimum absolute atomic E-state index is 0.192. The van der Waals surface area contributed by atoms with E-state index in [2.05, 4.69) is 31.0 Å². The van der Waals surface area contributed by atoms with Gasteiger partial charge in [-0.2, -0.15) is 0 Å². The normalized spacial score (nSPS) is 11.2. The highest BCUT2D eigenvalue weighted by atomic mass is 16.5. The molecule has 0 aliphatic heterocycles. The number of rotatable bonds is 13. The molecule has 0 fully saturated rings. The molecule has 0 heterocycles. The van der Waals surface area contributed by atoms with Crippen LogP contribution in [0.4, 0.5) is 5.69 Å². The Bertz CT molecular complexity index is 707. The largest absolute Gasteiger partial charge is 0.507 e. The Morgan fingerprint density at radius 2 is 1.57 bits per heavy atom. The Balaban J connectivity index is 1.82. The van der Waals surface area contributed by atoms with Crippen LogP contribution in [-0.4, -0.2) is 17.9 Å². The van der Waals surface area contributed by atoms with Gasteiger partial charge < -0.3 is 9.84 Å². The van der Waals surface area contributed by atoms with Crippen molar-refractivity contribution in [3.05, 3.63) is 53.6 Å². The van der Waals surface area contributed by atoms with Crippen LogP contribution in [0, 0.1) is 0 Å². The first-order chi connectivity index (χ1) is 13.7. The second kappa shape index (κ2) is 13.0. The van der Waals surface area contributed by atoms with Crippen LogP contribution in [0.2, 0.25) is 0 Å². The molecule has 0 aromatic heterocycles. The van der Waals surface area contributed by atoms with E-state index in [9.17, 15) is 5.11 Å². The molecule has 0 bridgehead atoms. The topological polar surface area (TPSA) is 41.8 Å². The number of hydrogen-bond acceptors (Lipinski definition) is 3. The van der Waals surface area contributed by atoms with Gasteiger partial charge in [-0.05, 0) is 49.1 Å². The summed E-state index contributed by atoms with van der Waals surface area (Å²) in [5.41, 5.74) is 2.96. The lowest BCUT2D eigenvalue weighted by molar-refractivity contribution is 0.307. The Hall–Kier alpha value is -2.29. The number of benzene rings is 2. The monoisotopic (exact) mass is 381 g/mol. The van der Waals surface area contributed by atoms with E-state index < -0.39 is 0 Å². The van der Waals surface area contributed by atoms with Gasteiger partial charge in [0.05, 0.1) is 12.3 Å². The SMILES string of the molecule is CCCCCCCCc1ccc(N=Cc2ccc(OCCCC)cc2O)cc1. The molecule has 0 radical (unpaired) electrons. The summed E-state index contributed by atoms with van der Waals surface area (Å²) in [5, 5.41) is 10.2. The lowest BCUT2D eigenvalue weighted by Crippen LogP contribution is -1.96. The van der Waals surface area contributed by atoms with Crippen molar-refractivity contribution in [3.63, 3.8) is 0 Å². The lowest BCUT2D eigenvalue weighted by Gasteiger charge is -2.07. The molecule has 28 heavy (non-hydrogen) atoms. The second-order valence-electron chi connectivity index (χ2n) is 7.37. The molecular formula is C25H35NO2. The number of hydrogen-bond donors (Lipinski definition) is 1. The number of unbranched alkanes of at least 4 members (excludes halogenated alkanes) is 6. The molecule has 0 amide bonds. The highest BCUT2D eigenvalue weighted by Crippen LogP contribution is 2.23. The zero-order valence-corrected chi connectivity index (χ0v) is 17.5. The molecule has 3 nitrogen and oxygen atoms in total. The smallest absolute Gasteiger partial charge is 0.128 e. The highest BCUT2D eigenvalue weighted by Gasteiger charge is 2.02. The molecule has 152 valence electrons. The summed E-state index contributed by atoms with van der Waals surface area (Å²) in [7, 11) is 0. The van der Waals surface area contributed by atoms with Crippen LogP contribution in [-0.2, 0) is 6.42 Å². The average Bonchev–Trinajstić information content (AvgIpc) is 2.71. The summed E-state index contributed by atoms with van der Waals surface area (Å²) in [5.74, 6) is 0.889. The quantitative estimate of drug-likeness (QED) is 0.294. The molecule has 2 rings (SSSR count). The van der Waals surface area contributed by atoms with E-state index in [-0.39, 0.29) is 5.75 Å². The van der Waals surface area contributed by atoms with Crippen LogP contribution in [0.5, 0.6) is 11.5 Å². The van der Waals surface area contributed by atoms with Gasteiger partial charge in [-0.3, -0.25) is 4.99 Å². The van der Waals surface area contributed by atoms with Gasteiger partial charge in [-0.25, -0.2) is 0 Å². The molecule has 0 unspecified atom stereocenters. The van der Waals surface area contributed by atoms with Crippen LogP contribution in [0.1, 0.15) is 76.3 Å². The standard InChI is InChI=1S/C25H35NO2/c1-3-5-7-8-9-10-11-21-12-15-23(16-13-21)26-20-22-14-17-24(19-25(22)27)28-18-6-4-2/h12-17,19-20,27H,3-11,18H2,1-2H3. The van der Waals surface area contributed by atoms with Crippen molar-refractivity contribution >= 4 is 11.9 Å². The zero-order valence-electron chi connectivity index (χ0n) is 17.5. The van der Waals surface area contributed by atoms with Crippen molar-refractivity contribution < 1.29 is 9.84 Å². The van der Waals surface area contributed by atoms with Gasteiger partial charge in [0.15, 0.2) is 0 Å². The number of phenolic OH excluding ortho intramolecular Hbond substituents is 1. The van der Waals surface area contributed by atoms with E-state index in [1.165, 1.54) is 44.1 Å². The van der Waals surface area contributed by atoms with Crippen molar-refractivity contribution in [1.29, 1.82) is 0 Å². The van der Waals surface area contributed by atoms with E-state index in [4.69, 9.17) is 4.74 Å². The van der Waals surface area contributed by atoms with E-state index in [0.29, 0.717) is 17.9 Å². The maximum absolute atomic E-state index is 10.2. The van der Waals surface area contributed by atoms with E-state index in [0.717, 1.165) is 24.9 Å². The van der Waals surface area contributed by atoms with Gasteiger partial charge in [0.25, 0.3) is 0 Å². The van der Waals surface area contributed by atoms with Crippen LogP contribution in [0.25, 0.3) is 0 Å². The molecule has 0 spiro atoms. The average molecular weight is 382 g/mol. The number of ether oxygens (including phenoxy) is 1. The Morgan fingerprint density at radius 3 is 2.29 bits per heavy atom. The van der Waals surface area contributed by atoms with Crippen LogP contribution >= 0.6 is 0 Å². The van der Waals surface area contributed by atoms with Gasteiger partial charge in [-0.15, -0.1) is 0 Å². The van der Waals surface area contributed by atoms with Gasteiger partial charge >= 0.3 is 0 Å². The maximum atomic E-state index is 10.2. The summed E-state index contributed by atoms with van der Waals surface area (Å²) in [4.78, 5) is 4.49. The fourth-order valence-corrected chi connectivity index (χ4v) is 3.06. The third-order valence-electron chi connectivity index (χ3n) is 4.88. The highest BCUT2D eigenvalue weighted by molar-refractivity contribution is 5.85. The summed E-state index contributed by atoms with van der Waals surface area (Å²) >= 11 is 0. The third kappa shape index (κ3) is 8.16. The van der Waals surface area contributed by atoms with Crippen molar-refractivity contribution in [2.75, 3.05) is 6.61 Å². The fraction of sp³-hybridized carbons (Fsp3) is 0.480. The fourth-order valence-electron chi connectivity index (χ4n) is 3.06. The van der Waals surface area contributed by atoms with E-state index in [1.54, 1.807) is 12.3 Å². The first-order valence-corrected chi connectivity index (χ1v) is 10.8. The summed E-state index contributed by atoms with van der Waals surface area (Å²) in [6.45, 7) is 5.06. The molecule has 0 aliphatic rings. The lowest BCUT2D eigenvalue weighted by atomic mass is 10.0. The summed E-state index contributed by atoms with van der Waals surface area (Å²) < 4.78 is 5.61. The minimum atomic E-state index is 0.192. The Labute approximate surface area is 170 Å². The summed E-state index contributed by atoms with van der Waals surface area (Å²) in [6, 6.07) is 13.8. The molecule has 0 atom stereocenters. The number of aromatic hydroxyl groups is 1. The van der Waals surface area contributed by atoms with Crippen LogP contribution < -0.4 is 4.74 Å². The van der Waals surface area contributed by atoms with Crippen LogP contribution in [0.3, 0.4) is 0 Å². The predicted octanol–water partition coefficient (Wildman–Crippen LogP) is 7.22. The van der Waals surface area contributed by atoms with E-state index >= 15 is 0 Å². The van der Waals surface area contributed by atoms with E-state index in [1.807, 2.05) is 24.3 Å². The number of nitrogens with zero attached hydrogens (tertiary/aromatic N) is 1. The minimum Gasteiger partial charge on any atom is -0.507 e. The van der Waals surface area contributed by atoms with Crippen molar-refractivity contribution in [2.45, 2.75) is 71.6 Å². The van der Waals surface area contributed by atoms with Crippen molar-refractivity contribution in [1.82, 2.24) is 0 Å². The molecule has 1 N–H and O–H groups in total. The third-order valence-corrected chi connectivity index (χ3v) is 4.88. The van der Waals surface area contributed by atoms with Gasteiger partial charge in [0.1, 0.15) is 11.5 Å². The molecule has 2 aromatic rings. The van der Waals surface area contributed by atoms with Gasteiger partial charge in [0.2, 0.25) is 0 Å². The number of aryl methyl sites for hydroxylation is 1. The van der Waals surface area contributed by atoms with Crippen LogP contribution in [0.15, 0.2) is 47.5 Å². The first-order valence-electron chi connectivity index (χ1n) is 10.8. The molecule has 2 aromatic carbocycles. The zero-order chi connectivity index (χ0) is 20.0. The molecule has 0 saturated carbocycles. The molecule has 0 aliphatic carbocycles. The molecular weight excluding hydrogens is 346 g/mol. The Morgan fingerprint density at radius 1 is 0.857 bits per heavy atom. The molecule has 0 saturated heterocycles. The summed E-state index contributed by atoms with van der Waals surface area (Å²) in [6.07, 6.45) is 12.9.